The molecular formula is C22H27ClN6O3. The van der Waals surface area contributed by atoms with E-state index in [2.05, 4.69) is 31.3 Å². The van der Waals surface area contributed by atoms with Gasteiger partial charge in [-0.2, -0.15) is 9.97 Å². The highest BCUT2D eigenvalue weighted by Gasteiger charge is 2.22. The quantitative estimate of drug-likeness (QED) is 0.394. The van der Waals surface area contributed by atoms with Gasteiger partial charge in [-0.15, -0.1) is 0 Å². The highest BCUT2D eigenvalue weighted by molar-refractivity contribution is 6.28. The van der Waals surface area contributed by atoms with E-state index in [1.807, 2.05) is 19.2 Å². The molecule has 0 bridgehead atoms. The van der Waals surface area contributed by atoms with Crippen LogP contribution in [0.1, 0.15) is 28.7 Å². The molecule has 10 heteroatoms. The zero-order valence-electron chi connectivity index (χ0n) is 18.5. The number of nitrogens with zero attached hydrogens (tertiary/aromatic N) is 6. The zero-order valence-corrected chi connectivity index (χ0v) is 19.3. The first-order valence-corrected chi connectivity index (χ1v) is 11.0. The van der Waals surface area contributed by atoms with Gasteiger partial charge in [0, 0.05) is 26.2 Å². The summed E-state index contributed by atoms with van der Waals surface area (Å²) in [6.45, 7) is 6.94. The van der Waals surface area contributed by atoms with E-state index in [1.54, 1.807) is 12.1 Å². The van der Waals surface area contributed by atoms with E-state index < -0.39 is 0 Å². The van der Waals surface area contributed by atoms with Gasteiger partial charge in [0.05, 0.1) is 32.4 Å². The molecule has 4 rings (SSSR count). The van der Waals surface area contributed by atoms with E-state index in [-0.39, 0.29) is 11.3 Å². The number of hydrogen-bond donors (Lipinski definition) is 0. The number of aryl methyl sites for hydroxylation is 1. The van der Waals surface area contributed by atoms with Crippen LogP contribution in [-0.2, 0) is 29.1 Å². The number of anilines is 1. The number of esters is 1. The molecule has 1 aromatic carbocycles. The van der Waals surface area contributed by atoms with Gasteiger partial charge in [-0.3, -0.25) is 4.90 Å². The van der Waals surface area contributed by atoms with Crippen LogP contribution in [0.3, 0.4) is 0 Å². The van der Waals surface area contributed by atoms with Crippen molar-refractivity contribution in [2.45, 2.75) is 26.6 Å². The van der Waals surface area contributed by atoms with Crippen LogP contribution in [0.15, 0.2) is 24.3 Å². The molecule has 32 heavy (non-hydrogen) atoms. The standard InChI is InChI=1S/C22H27ClN6O3/c1-4-29-17(14-27(2)13-15-5-7-16(8-6-15)21(30)31-3)24-18-19(25-22(23)26-20(18)29)28-9-11-32-12-10-28/h5-8H,4,9-14H2,1-3H3. The first-order chi connectivity index (χ1) is 15.5. The van der Waals surface area contributed by atoms with E-state index in [0.29, 0.717) is 31.9 Å². The molecule has 3 heterocycles. The fourth-order valence-electron chi connectivity index (χ4n) is 3.93. The van der Waals surface area contributed by atoms with Gasteiger partial charge in [0.1, 0.15) is 5.82 Å². The number of halogens is 1. The third kappa shape index (κ3) is 4.69. The fourth-order valence-corrected chi connectivity index (χ4v) is 4.09. The minimum atomic E-state index is -0.336. The summed E-state index contributed by atoms with van der Waals surface area (Å²) >= 11 is 6.28. The number of morpholine rings is 1. The summed E-state index contributed by atoms with van der Waals surface area (Å²) in [4.78, 5) is 29.9. The van der Waals surface area contributed by atoms with Crippen LogP contribution in [0, 0.1) is 0 Å². The Hall–Kier alpha value is -2.75. The molecule has 1 aliphatic heterocycles. The molecule has 0 unspecified atom stereocenters. The Bertz CT molecular complexity index is 1100. The normalized spacial score (nSPS) is 14.3. The van der Waals surface area contributed by atoms with Gasteiger partial charge in [-0.05, 0) is 43.3 Å². The number of imidazole rings is 1. The number of hydrogen-bond acceptors (Lipinski definition) is 8. The molecule has 0 aliphatic carbocycles. The van der Waals surface area contributed by atoms with E-state index in [1.165, 1.54) is 7.11 Å². The molecule has 2 aromatic heterocycles. The molecule has 1 saturated heterocycles. The molecule has 1 aliphatic rings. The number of rotatable bonds is 7. The van der Waals surface area contributed by atoms with Crippen molar-refractivity contribution < 1.29 is 14.3 Å². The summed E-state index contributed by atoms with van der Waals surface area (Å²) in [5.41, 5.74) is 3.15. The van der Waals surface area contributed by atoms with Crippen molar-refractivity contribution in [1.29, 1.82) is 0 Å². The molecule has 3 aromatic rings. The molecular weight excluding hydrogens is 432 g/mol. The van der Waals surface area contributed by atoms with Gasteiger partial charge >= 0.3 is 5.97 Å². The molecule has 0 N–H and O–H groups in total. The molecule has 0 radical (unpaired) electrons. The SMILES string of the molecule is CCn1c(CN(C)Cc2ccc(C(=O)OC)cc2)nc2c(N3CCOCC3)nc(Cl)nc21. The zero-order chi connectivity index (χ0) is 22.7. The van der Waals surface area contributed by atoms with Crippen molar-refractivity contribution in [3.8, 4) is 0 Å². The summed E-state index contributed by atoms with van der Waals surface area (Å²) in [5, 5.41) is 0.221. The molecule has 170 valence electrons. The van der Waals surface area contributed by atoms with Crippen molar-refractivity contribution in [2.24, 2.45) is 0 Å². The Morgan fingerprint density at radius 2 is 1.88 bits per heavy atom. The highest BCUT2D eigenvalue weighted by Crippen LogP contribution is 2.27. The van der Waals surface area contributed by atoms with Crippen LogP contribution in [0.4, 0.5) is 5.82 Å². The lowest BCUT2D eigenvalue weighted by molar-refractivity contribution is 0.0600. The lowest BCUT2D eigenvalue weighted by atomic mass is 10.1. The number of carbonyl (C=O) groups excluding carboxylic acids is 1. The summed E-state index contributed by atoms with van der Waals surface area (Å²) in [6.07, 6.45) is 0. The molecule has 0 amide bonds. The van der Waals surface area contributed by atoms with Crippen LogP contribution >= 0.6 is 11.6 Å². The Labute approximate surface area is 191 Å². The van der Waals surface area contributed by atoms with Crippen LogP contribution in [0.5, 0.6) is 0 Å². The van der Waals surface area contributed by atoms with Crippen LogP contribution < -0.4 is 4.90 Å². The first-order valence-electron chi connectivity index (χ1n) is 10.6. The maximum atomic E-state index is 11.6. The van der Waals surface area contributed by atoms with Crippen molar-refractivity contribution >= 4 is 34.6 Å². The predicted octanol–water partition coefficient (Wildman–Crippen LogP) is 2.75. The van der Waals surface area contributed by atoms with Gasteiger partial charge in [-0.1, -0.05) is 12.1 Å². The summed E-state index contributed by atoms with van der Waals surface area (Å²) in [6, 6.07) is 7.44. The molecule has 1 fully saturated rings. The summed E-state index contributed by atoms with van der Waals surface area (Å²) < 4.78 is 12.3. The fraction of sp³-hybridized carbons (Fsp3) is 0.455. The predicted molar refractivity (Wildman–Crippen MR) is 122 cm³/mol. The molecule has 0 spiro atoms. The second kappa shape index (κ2) is 9.81. The van der Waals surface area contributed by atoms with Crippen molar-refractivity contribution in [2.75, 3.05) is 45.4 Å². The number of ether oxygens (including phenoxy) is 2. The summed E-state index contributed by atoms with van der Waals surface area (Å²) in [5.74, 6) is 1.33. The van der Waals surface area contributed by atoms with Gasteiger partial charge in [0.15, 0.2) is 17.0 Å². The summed E-state index contributed by atoms with van der Waals surface area (Å²) in [7, 11) is 3.42. The number of fused-ring (bicyclic) bond motifs is 1. The van der Waals surface area contributed by atoms with Crippen LogP contribution in [-0.4, -0.2) is 70.8 Å². The van der Waals surface area contributed by atoms with Gasteiger partial charge in [0.25, 0.3) is 0 Å². The topological polar surface area (TPSA) is 85.6 Å². The molecule has 0 saturated carbocycles. The average Bonchev–Trinajstić information content (AvgIpc) is 3.15. The lowest BCUT2D eigenvalue weighted by Gasteiger charge is -2.27. The monoisotopic (exact) mass is 458 g/mol. The highest BCUT2D eigenvalue weighted by atomic mass is 35.5. The van der Waals surface area contributed by atoms with Crippen molar-refractivity contribution in [3.05, 3.63) is 46.5 Å². The number of carbonyl (C=O) groups is 1. The minimum absolute atomic E-state index is 0.221. The second-order valence-corrected chi connectivity index (χ2v) is 8.06. The molecule has 9 nitrogen and oxygen atoms in total. The maximum Gasteiger partial charge on any atom is 0.337 e. The van der Waals surface area contributed by atoms with E-state index in [4.69, 9.17) is 26.1 Å². The second-order valence-electron chi connectivity index (χ2n) is 7.72. The Morgan fingerprint density at radius 3 is 2.53 bits per heavy atom. The van der Waals surface area contributed by atoms with Crippen LogP contribution in [0.25, 0.3) is 11.2 Å². The smallest absolute Gasteiger partial charge is 0.337 e. The third-order valence-electron chi connectivity index (χ3n) is 5.49. The van der Waals surface area contributed by atoms with E-state index in [0.717, 1.165) is 48.0 Å². The molecule has 0 atom stereocenters. The lowest BCUT2D eigenvalue weighted by Crippen LogP contribution is -2.37. The van der Waals surface area contributed by atoms with Crippen molar-refractivity contribution in [3.63, 3.8) is 0 Å². The van der Waals surface area contributed by atoms with Crippen molar-refractivity contribution in [1.82, 2.24) is 24.4 Å². The van der Waals surface area contributed by atoms with Crippen LogP contribution in [0.2, 0.25) is 5.28 Å². The number of benzene rings is 1. The van der Waals surface area contributed by atoms with E-state index >= 15 is 0 Å². The Balaban J connectivity index is 1.57. The minimum Gasteiger partial charge on any atom is -0.465 e. The van der Waals surface area contributed by atoms with Gasteiger partial charge in [0.2, 0.25) is 5.28 Å². The first kappa shape index (κ1) is 22.4. The number of methoxy groups -OCH3 is 1. The Kier molecular flexibility index (Phi) is 6.88. The third-order valence-corrected chi connectivity index (χ3v) is 5.66. The van der Waals surface area contributed by atoms with E-state index in [9.17, 15) is 4.79 Å². The Morgan fingerprint density at radius 1 is 1.16 bits per heavy atom. The maximum absolute atomic E-state index is 11.6. The average molecular weight is 459 g/mol. The largest absolute Gasteiger partial charge is 0.465 e. The van der Waals surface area contributed by atoms with Gasteiger partial charge < -0.3 is 18.9 Å². The number of aromatic nitrogens is 4. The van der Waals surface area contributed by atoms with Gasteiger partial charge in [-0.25, -0.2) is 9.78 Å².